The summed E-state index contributed by atoms with van der Waals surface area (Å²) in [6, 6.07) is -1.86. The predicted molar refractivity (Wildman–Crippen MR) is 35.1 cm³/mol. The maximum absolute atomic E-state index is 9.94. The van der Waals surface area contributed by atoms with E-state index < -0.39 is 18.2 Å². The molecule has 5 nitrogen and oxygen atoms in total. The molecular formula is C5H12N2O3. The Morgan fingerprint density at radius 1 is 1.50 bits per heavy atom. The standard InChI is InChI=1S/C5H12N2O3/c6-3(1-8)5(10)4(7)2-9/h1,3-5,9-10H,2,6-7H2/t3-,4-,5+/m0/s1. The van der Waals surface area contributed by atoms with Crippen LogP contribution in [0.1, 0.15) is 0 Å². The highest BCUT2D eigenvalue weighted by Crippen LogP contribution is 1.91. The van der Waals surface area contributed by atoms with Crippen molar-refractivity contribution in [1.82, 2.24) is 0 Å². The van der Waals surface area contributed by atoms with Gasteiger partial charge in [0.05, 0.1) is 24.8 Å². The fourth-order valence-electron chi connectivity index (χ4n) is 0.474. The van der Waals surface area contributed by atoms with Crippen molar-refractivity contribution in [3.8, 4) is 0 Å². The molecule has 0 fully saturated rings. The third kappa shape index (κ3) is 2.40. The molecule has 6 N–H and O–H groups in total. The number of aldehydes is 1. The van der Waals surface area contributed by atoms with Gasteiger partial charge in [-0.2, -0.15) is 0 Å². The predicted octanol–water partition coefficient (Wildman–Crippen LogP) is -2.81. The summed E-state index contributed by atoms with van der Waals surface area (Å²) in [5.74, 6) is 0. The molecule has 0 unspecified atom stereocenters. The first-order valence-electron chi connectivity index (χ1n) is 2.89. The molecule has 0 rings (SSSR count). The molecule has 60 valence electrons. The van der Waals surface area contributed by atoms with Gasteiger partial charge in [-0.25, -0.2) is 0 Å². The van der Waals surface area contributed by atoms with E-state index in [-0.39, 0.29) is 6.61 Å². The highest BCUT2D eigenvalue weighted by atomic mass is 16.3. The van der Waals surface area contributed by atoms with Gasteiger partial charge in [0.25, 0.3) is 0 Å². The van der Waals surface area contributed by atoms with E-state index in [9.17, 15) is 4.79 Å². The lowest BCUT2D eigenvalue weighted by atomic mass is 10.1. The second-order valence-electron chi connectivity index (χ2n) is 2.05. The average molecular weight is 148 g/mol. The Labute approximate surface area is 58.6 Å². The Balaban J connectivity index is 3.80. The molecule has 0 aliphatic heterocycles. The summed E-state index contributed by atoms with van der Waals surface area (Å²) in [6.45, 7) is -0.386. The van der Waals surface area contributed by atoms with E-state index in [0.29, 0.717) is 6.29 Å². The van der Waals surface area contributed by atoms with Gasteiger partial charge in [0, 0.05) is 0 Å². The number of hydrogen-bond acceptors (Lipinski definition) is 5. The van der Waals surface area contributed by atoms with E-state index in [1.807, 2.05) is 0 Å². The smallest absolute Gasteiger partial charge is 0.139 e. The Morgan fingerprint density at radius 3 is 2.30 bits per heavy atom. The van der Waals surface area contributed by atoms with E-state index in [4.69, 9.17) is 21.7 Å². The molecule has 0 amide bonds. The maximum atomic E-state index is 9.94. The van der Waals surface area contributed by atoms with Crippen LogP contribution in [-0.4, -0.2) is 41.3 Å². The van der Waals surface area contributed by atoms with Gasteiger partial charge in [-0.3, -0.25) is 0 Å². The van der Waals surface area contributed by atoms with Gasteiger partial charge in [0.2, 0.25) is 0 Å². The fraction of sp³-hybridized carbons (Fsp3) is 0.800. The third-order valence-corrected chi connectivity index (χ3v) is 1.20. The maximum Gasteiger partial charge on any atom is 0.139 e. The summed E-state index contributed by atoms with van der Waals surface area (Å²) in [6.07, 6.45) is -0.775. The van der Waals surface area contributed by atoms with Crippen LogP contribution in [0, 0.1) is 0 Å². The number of aliphatic hydroxyl groups excluding tert-OH is 2. The van der Waals surface area contributed by atoms with E-state index in [2.05, 4.69) is 0 Å². The van der Waals surface area contributed by atoms with Gasteiger partial charge < -0.3 is 26.5 Å². The highest BCUT2D eigenvalue weighted by Gasteiger charge is 2.20. The minimum absolute atomic E-state index is 0.386. The molecule has 0 aliphatic carbocycles. The zero-order chi connectivity index (χ0) is 8.15. The Kier molecular flexibility index (Phi) is 4.13. The lowest BCUT2D eigenvalue weighted by Gasteiger charge is -2.18. The van der Waals surface area contributed by atoms with Crippen molar-refractivity contribution >= 4 is 6.29 Å². The van der Waals surface area contributed by atoms with E-state index in [0.717, 1.165) is 0 Å². The monoisotopic (exact) mass is 148 g/mol. The average Bonchev–Trinajstić information content (AvgIpc) is 2.00. The summed E-state index contributed by atoms with van der Waals surface area (Å²) in [5.41, 5.74) is 10.2. The second kappa shape index (κ2) is 4.35. The molecule has 0 aromatic carbocycles. The molecule has 0 aromatic heterocycles. The number of carbonyl (C=O) groups is 1. The van der Waals surface area contributed by atoms with Crippen molar-refractivity contribution in [2.45, 2.75) is 18.2 Å². The molecular weight excluding hydrogens is 136 g/mol. The van der Waals surface area contributed by atoms with Crippen LogP contribution >= 0.6 is 0 Å². The van der Waals surface area contributed by atoms with Gasteiger partial charge in [-0.15, -0.1) is 0 Å². The minimum Gasteiger partial charge on any atom is -0.395 e. The highest BCUT2D eigenvalue weighted by molar-refractivity contribution is 5.58. The first-order valence-corrected chi connectivity index (χ1v) is 2.89. The molecule has 0 saturated heterocycles. The SMILES string of the molecule is N[C@@H](C=O)[C@@H](O)[C@@H](N)CO. The zero-order valence-electron chi connectivity index (χ0n) is 5.47. The minimum atomic E-state index is -1.16. The van der Waals surface area contributed by atoms with Gasteiger partial charge in [0.1, 0.15) is 6.29 Å². The van der Waals surface area contributed by atoms with Gasteiger partial charge >= 0.3 is 0 Å². The molecule has 0 saturated carbocycles. The number of aliphatic hydroxyl groups is 2. The molecule has 0 bridgehead atoms. The summed E-state index contributed by atoms with van der Waals surface area (Å²) in [7, 11) is 0. The van der Waals surface area contributed by atoms with Crippen LogP contribution in [-0.2, 0) is 4.79 Å². The van der Waals surface area contributed by atoms with Crippen molar-refractivity contribution in [1.29, 1.82) is 0 Å². The Hall–Kier alpha value is -0.490. The largest absolute Gasteiger partial charge is 0.395 e. The van der Waals surface area contributed by atoms with E-state index >= 15 is 0 Å². The van der Waals surface area contributed by atoms with Crippen LogP contribution in [0.25, 0.3) is 0 Å². The van der Waals surface area contributed by atoms with Gasteiger partial charge in [-0.1, -0.05) is 0 Å². The van der Waals surface area contributed by atoms with Crippen LogP contribution < -0.4 is 11.5 Å². The van der Waals surface area contributed by atoms with Crippen LogP contribution in [0.15, 0.2) is 0 Å². The number of hydrogen-bond donors (Lipinski definition) is 4. The van der Waals surface area contributed by atoms with E-state index in [1.165, 1.54) is 0 Å². The summed E-state index contributed by atoms with van der Waals surface area (Å²) in [5, 5.41) is 17.3. The number of nitrogens with two attached hydrogens (primary N) is 2. The molecule has 3 atom stereocenters. The van der Waals surface area contributed by atoms with Crippen LogP contribution in [0.4, 0.5) is 0 Å². The quantitative estimate of drug-likeness (QED) is 0.322. The Bertz CT molecular complexity index is 109. The van der Waals surface area contributed by atoms with Crippen molar-refractivity contribution in [3.05, 3.63) is 0 Å². The van der Waals surface area contributed by atoms with Crippen molar-refractivity contribution < 1.29 is 15.0 Å². The first kappa shape index (κ1) is 9.51. The fourth-order valence-corrected chi connectivity index (χ4v) is 0.474. The second-order valence-corrected chi connectivity index (χ2v) is 2.05. The Morgan fingerprint density at radius 2 is 2.00 bits per heavy atom. The first-order chi connectivity index (χ1) is 4.63. The molecule has 5 heteroatoms. The molecule has 10 heavy (non-hydrogen) atoms. The van der Waals surface area contributed by atoms with Crippen molar-refractivity contribution in [3.63, 3.8) is 0 Å². The molecule has 0 heterocycles. The number of rotatable bonds is 4. The van der Waals surface area contributed by atoms with Gasteiger partial charge in [-0.05, 0) is 0 Å². The third-order valence-electron chi connectivity index (χ3n) is 1.20. The molecule has 0 spiro atoms. The van der Waals surface area contributed by atoms with Crippen LogP contribution in [0.3, 0.4) is 0 Å². The summed E-state index contributed by atoms with van der Waals surface area (Å²) >= 11 is 0. The van der Waals surface area contributed by atoms with Crippen molar-refractivity contribution in [2.24, 2.45) is 11.5 Å². The number of carbonyl (C=O) groups excluding carboxylic acids is 1. The zero-order valence-corrected chi connectivity index (χ0v) is 5.47. The lowest BCUT2D eigenvalue weighted by Crippen LogP contribution is -2.49. The van der Waals surface area contributed by atoms with Gasteiger partial charge in [0.15, 0.2) is 0 Å². The topological polar surface area (TPSA) is 110 Å². The summed E-state index contributed by atoms with van der Waals surface area (Å²) < 4.78 is 0. The normalized spacial score (nSPS) is 19.6. The molecule has 0 aliphatic rings. The lowest BCUT2D eigenvalue weighted by molar-refractivity contribution is -0.111. The van der Waals surface area contributed by atoms with Crippen LogP contribution in [0.2, 0.25) is 0 Å². The van der Waals surface area contributed by atoms with Crippen LogP contribution in [0.5, 0.6) is 0 Å². The van der Waals surface area contributed by atoms with Crippen molar-refractivity contribution in [2.75, 3.05) is 6.61 Å². The molecule has 0 aromatic rings. The molecule has 0 radical (unpaired) electrons. The van der Waals surface area contributed by atoms with E-state index in [1.54, 1.807) is 0 Å². The summed E-state index contributed by atoms with van der Waals surface area (Å²) in [4.78, 5) is 9.94.